The van der Waals surface area contributed by atoms with Crippen LogP contribution in [0.25, 0.3) is 56.5 Å². The highest BCUT2D eigenvalue weighted by Gasteiger charge is 2.58. The van der Waals surface area contributed by atoms with Gasteiger partial charge in [-0.1, -0.05) is 101 Å². The van der Waals surface area contributed by atoms with Gasteiger partial charge < -0.3 is 0 Å². The molecular formula is C49H55N4+. The first kappa shape index (κ1) is 36.4. The first-order chi connectivity index (χ1) is 25.7. The van der Waals surface area contributed by atoms with Crippen LogP contribution >= 0.6 is 0 Å². The topological polar surface area (TPSA) is 42.5 Å². The molecule has 1 atom stereocenters. The molecule has 4 aromatic carbocycles. The predicted octanol–water partition coefficient (Wildman–Crippen LogP) is 12.3. The SMILES string of the molecule is CCCCCc1ccc(C)c(-c2nc(-c3cccc(-c4ccc5c(c4)-c4cccc[n+]4C(CC)(CC)C5(C)CC)c3)nc(-c3cc(C)ccc3C)n2)c1. The summed E-state index contributed by atoms with van der Waals surface area (Å²) in [6.45, 7) is 18.2. The minimum Gasteiger partial charge on any atom is -0.208 e. The molecule has 0 fully saturated rings. The number of rotatable bonds is 11. The fraction of sp³-hybridized carbons (Fsp3) is 0.347. The van der Waals surface area contributed by atoms with Crippen molar-refractivity contribution in [2.45, 2.75) is 111 Å². The van der Waals surface area contributed by atoms with E-state index in [1.165, 1.54) is 58.3 Å². The van der Waals surface area contributed by atoms with Gasteiger partial charge in [-0.3, -0.25) is 0 Å². The molecule has 1 aliphatic rings. The number of benzene rings is 4. The van der Waals surface area contributed by atoms with Crippen molar-refractivity contribution in [3.8, 4) is 56.5 Å². The third kappa shape index (κ3) is 6.41. The van der Waals surface area contributed by atoms with Crippen LogP contribution < -0.4 is 4.57 Å². The van der Waals surface area contributed by atoms with Gasteiger partial charge in [0.15, 0.2) is 29.2 Å². The summed E-state index contributed by atoms with van der Waals surface area (Å²) >= 11 is 0. The van der Waals surface area contributed by atoms with Crippen molar-refractivity contribution >= 4 is 0 Å². The molecule has 1 aliphatic heterocycles. The highest BCUT2D eigenvalue weighted by Crippen LogP contribution is 2.51. The Hall–Kier alpha value is -4.96. The van der Waals surface area contributed by atoms with Gasteiger partial charge in [-0.15, -0.1) is 0 Å². The average molecular weight is 700 g/mol. The second kappa shape index (κ2) is 14.8. The maximum atomic E-state index is 5.22. The lowest BCUT2D eigenvalue weighted by atomic mass is 9.58. The van der Waals surface area contributed by atoms with Crippen LogP contribution in [0.4, 0.5) is 0 Å². The monoisotopic (exact) mass is 699 g/mol. The van der Waals surface area contributed by atoms with E-state index in [0.29, 0.717) is 11.6 Å². The quantitative estimate of drug-likeness (QED) is 0.0998. The van der Waals surface area contributed by atoms with E-state index in [-0.39, 0.29) is 11.0 Å². The molecule has 53 heavy (non-hydrogen) atoms. The molecule has 0 saturated carbocycles. The van der Waals surface area contributed by atoms with E-state index >= 15 is 0 Å². The highest BCUT2D eigenvalue weighted by atomic mass is 15.1. The normalized spacial score (nSPS) is 15.9. The number of aromatic nitrogens is 4. The minimum atomic E-state index is 0.00225. The van der Waals surface area contributed by atoms with Crippen molar-refractivity contribution in [3.05, 3.63) is 131 Å². The van der Waals surface area contributed by atoms with Crippen LogP contribution in [0.2, 0.25) is 0 Å². The van der Waals surface area contributed by atoms with Crippen molar-refractivity contribution in [1.29, 1.82) is 0 Å². The molecule has 7 rings (SSSR count). The summed E-state index contributed by atoms with van der Waals surface area (Å²) in [7, 11) is 0. The molecule has 0 bridgehead atoms. The van der Waals surface area contributed by atoms with E-state index < -0.39 is 0 Å². The first-order valence-corrected chi connectivity index (χ1v) is 19.9. The largest absolute Gasteiger partial charge is 0.213 e. The highest BCUT2D eigenvalue weighted by molar-refractivity contribution is 5.78. The maximum Gasteiger partial charge on any atom is 0.213 e. The summed E-state index contributed by atoms with van der Waals surface area (Å²) in [5.74, 6) is 2.13. The van der Waals surface area contributed by atoms with Gasteiger partial charge in [-0.25, -0.2) is 15.0 Å². The Bertz CT molecular complexity index is 2280. The van der Waals surface area contributed by atoms with Gasteiger partial charge in [-0.05, 0) is 111 Å². The third-order valence-electron chi connectivity index (χ3n) is 12.5. The molecular weight excluding hydrogens is 645 g/mol. The smallest absolute Gasteiger partial charge is 0.208 e. The summed E-state index contributed by atoms with van der Waals surface area (Å²) in [6.07, 6.45) is 10.2. The van der Waals surface area contributed by atoms with E-state index in [4.69, 9.17) is 15.0 Å². The second-order valence-corrected chi connectivity index (χ2v) is 15.5. The summed E-state index contributed by atoms with van der Waals surface area (Å²) in [5.41, 5.74) is 14.4. The molecule has 0 amide bonds. The molecule has 4 heteroatoms. The van der Waals surface area contributed by atoms with Gasteiger partial charge in [0.05, 0.1) is 11.0 Å². The number of hydrogen-bond donors (Lipinski definition) is 0. The first-order valence-electron chi connectivity index (χ1n) is 19.9. The van der Waals surface area contributed by atoms with Crippen LogP contribution in [-0.2, 0) is 17.4 Å². The fourth-order valence-corrected chi connectivity index (χ4v) is 9.07. The Morgan fingerprint density at radius 1 is 0.566 bits per heavy atom. The third-order valence-corrected chi connectivity index (χ3v) is 12.5. The van der Waals surface area contributed by atoms with Gasteiger partial charge in [0.25, 0.3) is 0 Å². The summed E-state index contributed by atoms with van der Waals surface area (Å²) in [4.78, 5) is 15.6. The number of aryl methyl sites for hydroxylation is 4. The summed E-state index contributed by atoms with van der Waals surface area (Å²) in [6, 6.07) is 35.9. The van der Waals surface area contributed by atoms with Gasteiger partial charge in [0, 0.05) is 41.7 Å². The lowest BCUT2D eigenvalue weighted by Crippen LogP contribution is -2.68. The minimum absolute atomic E-state index is 0.00225. The second-order valence-electron chi connectivity index (χ2n) is 15.5. The Morgan fingerprint density at radius 3 is 1.96 bits per heavy atom. The van der Waals surface area contributed by atoms with Crippen LogP contribution in [0.3, 0.4) is 0 Å². The van der Waals surface area contributed by atoms with E-state index in [2.05, 4.69) is 163 Å². The Balaban J connectivity index is 1.36. The van der Waals surface area contributed by atoms with E-state index in [0.717, 1.165) is 59.3 Å². The Labute approximate surface area is 317 Å². The number of hydrogen-bond acceptors (Lipinski definition) is 3. The number of fused-ring (bicyclic) bond motifs is 3. The molecule has 0 N–H and O–H groups in total. The zero-order valence-corrected chi connectivity index (χ0v) is 33.1. The predicted molar refractivity (Wildman–Crippen MR) is 221 cm³/mol. The van der Waals surface area contributed by atoms with Crippen molar-refractivity contribution in [3.63, 3.8) is 0 Å². The van der Waals surface area contributed by atoms with Crippen LogP contribution in [-0.4, -0.2) is 15.0 Å². The van der Waals surface area contributed by atoms with E-state index in [1.807, 2.05) is 0 Å². The van der Waals surface area contributed by atoms with Gasteiger partial charge in [0.1, 0.15) is 0 Å². The fourth-order valence-electron chi connectivity index (χ4n) is 9.07. The van der Waals surface area contributed by atoms with Crippen LogP contribution in [0, 0.1) is 20.8 Å². The molecule has 2 aromatic heterocycles. The van der Waals surface area contributed by atoms with E-state index in [9.17, 15) is 0 Å². The molecule has 1 unspecified atom stereocenters. The standard InChI is InChI=1S/C49H55N4/c1-9-13-14-18-36-25-24-35(7)41(30-36)47-51-45(50-46(52-47)40-29-33(5)22-23-34(40)6)39-20-17-19-37(31-39)38-26-27-43-42(32-38)44-21-15-16-28-53(44)49(11-3,12-4)48(43,8)10-2/h15-17,19-32H,9-14,18H2,1-8H3/q+1. The molecule has 270 valence electrons. The molecule has 6 aromatic rings. The molecule has 4 nitrogen and oxygen atoms in total. The zero-order chi connectivity index (χ0) is 37.3. The summed E-state index contributed by atoms with van der Waals surface area (Å²) in [5, 5.41) is 0. The maximum absolute atomic E-state index is 5.22. The molecule has 0 radical (unpaired) electrons. The van der Waals surface area contributed by atoms with Gasteiger partial charge in [-0.2, -0.15) is 4.57 Å². The number of nitrogens with zero attached hydrogens (tertiary/aromatic N) is 4. The van der Waals surface area contributed by atoms with Crippen molar-refractivity contribution < 1.29 is 4.57 Å². The number of unbranched alkanes of at least 4 members (excludes halogenated alkanes) is 2. The zero-order valence-electron chi connectivity index (χ0n) is 33.1. The Kier molecular flexibility index (Phi) is 10.2. The van der Waals surface area contributed by atoms with Gasteiger partial charge in [0.2, 0.25) is 5.69 Å². The summed E-state index contributed by atoms with van der Waals surface area (Å²) < 4.78 is 2.58. The van der Waals surface area contributed by atoms with E-state index in [1.54, 1.807) is 0 Å². The molecule has 0 spiro atoms. The van der Waals surface area contributed by atoms with Crippen molar-refractivity contribution in [2.24, 2.45) is 0 Å². The molecule has 0 aliphatic carbocycles. The number of pyridine rings is 1. The average Bonchev–Trinajstić information content (AvgIpc) is 3.19. The molecule has 0 saturated heterocycles. The van der Waals surface area contributed by atoms with Crippen molar-refractivity contribution in [2.75, 3.05) is 0 Å². The molecule has 3 heterocycles. The lowest BCUT2D eigenvalue weighted by Gasteiger charge is -2.47. The van der Waals surface area contributed by atoms with Gasteiger partial charge >= 0.3 is 0 Å². The Morgan fingerprint density at radius 2 is 1.25 bits per heavy atom. The van der Waals surface area contributed by atoms with Crippen LogP contribution in [0.1, 0.15) is 101 Å². The lowest BCUT2D eigenvalue weighted by molar-refractivity contribution is -0.769. The van der Waals surface area contributed by atoms with Crippen LogP contribution in [0.15, 0.2) is 103 Å². The van der Waals surface area contributed by atoms with Crippen LogP contribution in [0.5, 0.6) is 0 Å². The van der Waals surface area contributed by atoms with Crippen molar-refractivity contribution in [1.82, 2.24) is 15.0 Å².